The van der Waals surface area contributed by atoms with Gasteiger partial charge in [-0.2, -0.15) is 0 Å². The lowest BCUT2D eigenvalue weighted by molar-refractivity contribution is -0.115. The van der Waals surface area contributed by atoms with E-state index in [-0.39, 0.29) is 18.0 Å². The summed E-state index contributed by atoms with van der Waals surface area (Å²) in [6.45, 7) is 8.14. The quantitative estimate of drug-likeness (QED) is 0.236. The molecule has 2 aromatic heterocycles. The van der Waals surface area contributed by atoms with Crippen molar-refractivity contribution in [3.8, 4) is 5.69 Å². The highest BCUT2D eigenvalue weighted by Gasteiger charge is 2.42. The van der Waals surface area contributed by atoms with Crippen LogP contribution in [0.5, 0.6) is 0 Å². The summed E-state index contributed by atoms with van der Waals surface area (Å²) in [7, 11) is 0. The van der Waals surface area contributed by atoms with Crippen LogP contribution < -0.4 is 15.5 Å². The standard InChI is InChI=1S/C30H30BrN5OS/c1-5-27(37)33-24-14-13-21(16-18(24)2)36-29(28(34-30(36)38)25-11-8-9-15-32-25)22-17-19(3)35(20(22)4)26-12-7-6-10-23(26)31/h6-17,28-29H,5H2,1-4H3,(H,33,37)(H,34,38)/t28-,29+/m1/s1. The van der Waals surface area contributed by atoms with E-state index in [1.54, 1.807) is 0 Å². The van der Waals surface area contributed by atoms with Crippen LogP contribution in [0.15, 0.2) is 77.4 Å². The molecule has 6 nitrogen and oxygen atoms in total. The first-order chi connectivity index (χ1) is 18.3. The van der Waals surface area contributed by atoms with Crippen molar-refractivity contribution in [2.24, 2.45) is 0 Å². The Bertz CT molecular complexity index is 1520. The third-order valence-corrected chi connectivity index (χ3v) is 8.05. The highest BCUT2D eigenvalue weighted by Crippen LogP contribution is 2.44. The molecule has 0 spiro atoms. The van der Waals surface area contributed by atoms with Gasteiger partial charge in [-0.15, -0.1) is 0 Å². The molecule has 194 valence electrons. The zero-order valence-electron chi connectivity index (χ0n) is 21.8. The Morgan fingerprint density at radius 1 is 1.08 bits per heavy atom. The van der Waals surface area contributed by atoms with E-state index >= 15 is 0 Å². The van der Waals surface area contributed by atoms with Crippen molar-refractivity contribution in [2.75, 3.05) is 10.2 Å². The number of thiocarbonyl (C=S) groups is 1. The van der Waals surface area contributed by atoms with Crippen molar-refractivity contribution in [3.05, 3.63) is 106 Å². The number of rotatable bonds is 6. The molecule has 0 bridgehead atoms. The number of anilines is 2. The second kappa shape index (κ2) is 10.7. The Kier molecular flexibility index (Phi) is 7.36. The van der Waals surface area contributed by atoms with Gasteiger partial charge in [0.15, 0.2) is 5.11 Å². The summed E-state index contributed by atoms with van der Waals surface area (Å²) in [5.41, 5.74) is 8.21. The molecule has 5 rings (SSSR count). The molecule has 1 aliphatic heterocycles. The molecule has 1 amide bonds. The summed E-state index contributed by atoms with van der Waals surface area (Å²) >= 11 is 9.67. The molecule has 0 radical (unpaired) electrons. The van der Waals surface area contributed by atoms with Gasteiger partial charge in [0.05, 0.1) is 23.5 Å². The maximum absolute atomic E-state index is 12.0. The Hall–Kier alpha value is -3.49. The first-order valence-electron chi connectivity index (χ1n) is 12.6. The lowest BCUT2D eigenvalue weighted by atomic mass is 9.96. The lowest BCUT2D eigenvalue weighted by Gasteiger charge is -2.29. The Labute approximate surface area is 237 Å². The SMILES string of the molecule is CCC(=O)Nc1ccc(N2C(=S)N[C@H](c3ccccn3)[C@@H]2c2cc(C)n(-c3ccccc3Br)c2C)cc1C. The lowest BCUT2D eigenvalue weighted by Crippen LogP contribution is -2.29. The van der Waals surface area contributed by atoms with Crippen molar-refractivity contribution >= 4 is 50.5 Å². The average Bonchev–Trinajstić information content (AvgIpc) is 3.41. The van der Waals surface area contributed by atoms with Gasteiger partial charge in [-0.3, -0.25) is 9.78 Å². The summed E-state index contributed by atoms with van der Waals surface area (Å²) in [5.74, 6) is -0.00758. The molecule has 1 saturated heterocycles. The second-order valence-electron chi connectivity index (χ2n) is 9.51. The number of pyridine rings is 1. The van der Waals surface area contributed by atoms with Crippen molar-refractivity contribution in [2.45, 2.75) is 46.2 Å². The highest BCUT2D eigenvalue weighted by atomic mass is 79.9. The molecule has 1 aliphatic rings. The number of hydrogen-bond acceptors (Lipinski definition) is 3. The van der Waals surface area contributed by atoms with Crippen molar-refractivity contribution in [1.82, 2.24) is 14.9 Å². The molecule has 2 atom stereocenters. The topological polar surface area (TPSA) is 62.2 Å². The highest BCUT2D eigenvalue weighted by molar-refractivity contribution is 9.10. The van der Waals surface area contributed by atoms with E-state index in [9.17, 15) is 4.79 Å². The molecular weight excluding hydrogens is 558 g/mol. The molecule has 2 aromatic carbocycles. The summed E-state index contributed by atoms with van der Waals surface area (Å²) in [6, 6.07) is 22.3. The van der Waals surface area contributed by atoms with Gasteiger partial charge in [0, 0.05) is 39.9 Å². The number of carbonyl (C=O) groups excluding carboxylic acids is 1. The van der Waals surface area contributed by atoms with Crippen LogP contribution in [0, 0.1) is 20.8 Å². The zero-order valence-corrected chi connectivity index (χ0v) is 24.2. The molecule has 8 heteroatoms. The van der Waals surface area contributed by atoms with Gasteiger partial charge in [-0.25, -0.2) is 0 Å². The summed E-state index contributed by atoms with van der Waals surface area (Å²) in [5, 5.41) is 7.18. The van der Waals surface area contributed by atoms with Crippen LogP contribution in [-0.4, -0.2) is 20.6 Å². The first kappa shape index (κ1) is 26.1. The molecule has 0 saturated carbocycles. The van der Waals surface area contributed by atoms with Gasteiger partial charge < -0.3 is 20.1 Å². The fourth-order valence-electron chi connectivity index (χ4n) is 5.22. The minimum atomic E-state index is -0.142. The number of halogens is 1. The van der Waals surface area contributed by atoms with E-state index in [1.807, 2.05) is 56.4 Å². The van der Waals surface area contributed by atoms with E-state index in [0.717, 1.165) is 44.2 Å². The van der Waals surface area contributed by atoms with Crippen LogP contribution in [0.1, 0.15) is 53.6 Å². The predicted octanol–water partition coefficient (Wildman–Crippen LogP) is 7.09. The molecule has 3 heterocycles. The van der Waals surface area contributed by atoms with Crippen molar-refractivity contribution in [1.29, 1.82) is 0 Å². The van der Waals surface area contributed by atoms with Crippen LogP contribution in [0.2, 0.25) is 0 Å². The van der Waals surface area contributed by atoms with Gasteiger partial charge in [-0.1, -0.05) is 25.1 Å². The number of nitrogens with one attached hydrogen (secondary N) is 2. The first-order valence-corrected chi connectivity index (χ1v) is 13.8. The number of amides is 1. The van der Waals surface area contributed by atoms with Gasteiger partial charge in [0.1, 0.15) is 0 Å². The van der Waals surface area contributed by atoms with E-state index in [0.29, 0.717) is 11.5 Å². The van der Waals surface area contributed by atoms with E-state index < -0.39 is 0 Å². The summed E-state index contributed by atoms with van der Waals surface area (Å²) in [4.78, 5) is 18.9. The third kappa shape index (κ3) is 4.74. The third-order valence-electron chi connectivity index (χ3n) is 7.06. The fourth-order valence-corrected chi connectivity index (χ4v) is 6.02. The number of para-hydroxylation sites is 1. The molecule has 0 aliphatic carbocycles. The predicted molar refractivity (Wildman–Crippen MR) is 161 cm³/mol. The number of hydrogen-bond donors (Lipinski definition) is 2. The number of benzene rings is 2. The monoisotopic (exact) mass is 587 g/mol. The zero-order chi connectivity index (χ0) is 27.0. The molecular formula is C30H30BrN5OS. The number of nitrogens with zero attached hydrogens (tertiary/aromatic N) is 3. The van der Waals surface area contributed by atoms with Gasteiger partial charge in [0.25, 0.3) is 0 Å². The number of carbonyl (C=O) groups is 1. The van der Waals surface area contributed by atoms with Crippen LogP contribution in [0.25, 0.3) is 5.69 Å². The van der Waals surface area contributed by atoms with Crippen LogP contribution >= 0.6 is 28.1 Å². The minimum absolute atomic E-state index is 0.00758. The van der Waals surface area contributed by atoms with E-state index in [1.165, 1.54) is 5.56 Å². The molecule has 4 aromatic rings. The Morgan fingerprint density at radius 2 is 1.84 bits per heavy atom. The smallest absolute Gasteiger partial charge is 0.224 e. The number of aryl methyl sites for hydroxylation is 2. The van der Waals surface area contributed by atoms with Crippen LogP contribution in [-0.2, 0) is 4.79 Å². The second-order valence-corrected chi connectivity index (χ2v) is 10.8. The minimum Gasteiger partial charge on any atom is -0.351 e. The van der Waals surface area contributed by atoms with Gasteiger partial charge >= 0.3 is 0 Å². The fraction of sp³-hybridized carbons (Fsp3) is 0.233. The Morgan fingerprint density at radius 3 is 2.53 bits per heavy atom. The summed E-state index contributed by atoms with van der Waals surface area (Å²) in [6.07, 6.45) is 2.25. The van der Waals surface area contributed by atoms with Crippen molar-refractivity contribution < 1.29 is 4.79 Å². The Balaban J connectivity index is 1.64. The maximum atomic E-state index is 12.0. The van der Waals surface area contributed by atoms with Gasteiger partial charge in [0.2, 0.25) is 5.91 Å². The largest absolute Gasteiger partial charge is 0.351 e. The van der Waals surface area contributed by atoms with Gasteiger partial charge in [-0.05, 0) is 109 Å². The van der Waals surface area contributed by atoms with E-state index in [2.05, 4.69) is 80.2 Å². The molecule has 38 heavy (non-hydrogen) atoms. The van der Waals surface area contributed by atoms with Crippen molar-refractivity contribution in [3.63, 3.8) is 0 Å². The molecule has 2 N–H and O–H groups in total. The van der Waals surface area contributed by atoms with Crippen LogP contribution in [0.3, 0.4) is 0 Å². The molecule has 1 fully saturated rings. The molecule has 0 unspecified atom stereocenters. The number of aromatic nitrogens is 2. The summed E-state index contributed by atoms with van der Waals surface area (Å²) < 4.78 is 3.31. The van der Waals surface area contributed by atoms with Crippen LogP contribution in [0.4, 0.5) is 11.4 Å². The normalized spacial score (nSPS) is 17.0. The average molecular weight is 589 g/mol. The van der Waals surface area contributed by atoms with E-state index in [4.69, 9.17) is 17.2 Å². The maximum Gasteiger partial charge on any atom is 0.224 e.